The number of aromatic nitrogens is 6. The van der Waals surface area contributed by atoms with Gasteiger partial charge in [0.2, 0.25) is 5.95 Å². The van der Waals surface area contributed by atoms with E-state index in [1.807, 2.05) is 0 Å². The van der Waals surface area contributed by atoms with E-state index < -0.39 is 23.4 Å². The average Bonchev–Trinajstić information content (AvgIpc) is 3.48. The zero-order valence-electron chi connectivity index (χ0n) is 21.8. The van der Waals surface area contributed by atoms with Gasteiger partial charge in [0.05, 0.1) is 5.69 Å². The summed E-state index contributed by atoms with van der Waals surface area (Å²) in [6, 6.07) is 2.95. The molecule has 0 spiro atoms. The number of carbonyl (C=O) groups excluding carboxylic acids is 1. The highest BCUT2D eigenvalue weighted by molar-refractivity contribution is 5.94. The highest BCUT2D eigenvalue weighted by atomic mass is 19.4. The number of fused-ring (bicyclic) bond motifs is 1. The molecule has 4 aromatic heterocycles. The van der Waals surface area contributed by atoms with Gasteiger partial charge >= 0.3 is 12.3 Å². The molecule has 1 aliphatic rings. The lowest BCUT2D eigenvalue weighted by atomic mass is 10.1. The number of likely N-dealkylation sites (tertiary alicyclic amines) is 1. The molecule has 0 radical (unpaired) electrons. The molecule has 1 atom stereocenters. The van der Waals surface area contributed by atoms with Gasteiger partial charge in [0.15, 0.2) is 5.82 Å². The Bertz CT molecular complexity index is 1510. The highest BCUT2D eigenvalue weighted by Crippen LogP contribution is 2.39. The van der Waals surface area contributed by atoms with E-state index in [1.54, 1.807) is 44.7 Å². The largest absolute Gasteiger partial charge is 0.444 e. The minimum atomic E-state index is -4.69. The number of hydrogen-bond donors (Lipinski definition) is 2. The van der Waals surface area contributed by atoms with E-state index in [1.165, 1.54) is 6.20 Å². The summed E-state index contributed by atoms with van der Waals surface area (Å²) in [6.07, 6.45) is -1.56. The predicted molar refractivity (Wildman–Crippen MR) is 135 cm³/mol. The number of hydrogen-bond acceptors (Lipinski definition) is 9. The van der Waals surface area contributed by atoms with E-state index >= 15 is 0 Å². The summed E-state index contributed by atoms with van der Waals surface area (Å²) in [7, 11) is 0. The van der Waals surface area contributed by atoms with Gasteiger partial charge in [-0.3, -0.25) is 0 Å². The number of nitrogens with zero attached hydrogens (tertiary/aromatic N) is 6. The first-order valence-electron chi connectivity index (χ1n) is 12.4. The number of aromatic amines is 1. The van der Waals surface area contributed by atoms with Crippen molar-refractivity contribution < 1.29 is 27.2 Å². The molecule has 0 aromatic carbocycles. The van der Waals surface area contributed by atoms with E-state index in [2.05, 4.69) is 35.4 Å². The van der Waals surface area contributed by atoms with Crippen molar-refractivity contribution in [3.63, 3.8) is 0 Å². The molecule has 0 bridgehead atoms. The molecule has 1 amide bonds. The van der Waals surface area contributed by atoms with Crippen LogP contribution in [0.1, 0.15) is 45.0 Å². The molecule has 1 aliphatic heterocycles. The van der Waals surface area contributed by atoms with Gasteiger partial charge in [-0.2, -0.15) is 18.2 Å². The molecule has 0 saturated carbocycles. The molecule has 1 fully saturated rings. The third-order valence-corrected chi connectivity index (χ3v) is 6.04. The monoisotopic (exact) mass is 544 g/mol. The molecular weight excluding hydrogens is 517 g/mol. The van der Waals surface area contributed by atoms with Crippen LogP contribution in [0.4, 0.5) is 23.9 Å². The predicted octanol–water partition coefficient (Wildman–Crippen LogP) is 5.21. The van der Waals surface area contributed by atoms with E-state index in [-0.39, 0.29) is 29.1 Å². The van der Waals surface area contributed by atoms with Crippen molar-refractivity contribution in [1.29, 1.82) is 0 Å². The molecule has 1 saturated heterocycles. The second-order valence-electron chi connectivity index (χ2n) is 10.3. The van der Waals surface area contributed by atoms with Crippen molar-refractivity contribution in [2.45, 2.75) is 58.4 Å². The minimum absolute atomic E-state index is 0.0225. The molecule has 39 heavy (non-hydrogen) atoms. The molecule has 5 rings (SSSR count). The van der Waals surface area contributed by atoms with Crippen molar-refractivity contribution in [2.24, 2.45) is 0 Å². The van der Waals surface area contributed by atoms with Crippen LogP contribution in [0.5, 0.6) is 0 Å². The maximum absolute atomic E-state index is 14.0. The van der Waals surface area contributed by atoms with Crippen molar-refractivity contribution in [1.82, 2.24) is 35.0 Å². The fraction of sp³-hybridized carbons (Fsp3) is 0.440. The normalized spacial score (nSPS) is 16.5. The summed E-state index contributed by atoms with van der Waals surface area (Å²) >= 11 is 0. The summed E-state index contributed by atoms with van der Waals surface area (Å²) in [5.74, 6) is 0.652. The lowest BCUT2D eigenvalue weighted by molar-refractivity contribution is -0.137. The molecule has 11 nitrogen and oxygen atoms in total. The Morgan fingerprint density at radius 3 is 2.69 bits per heavy atom. The van der Waals surface area contributed by atoms with Crippen molar-refractivity contribution >= 4 is 23.1 Å². The van der Waals surface area contributed by atoms with Crippen LogP contribution >= 0.6 is 0 Å². The Labute approximate surface area is 221 Å². The van der Waals surface area contributed by atoms with Crippen LogP contribution in [-0.4, -0.2) is 65.8 Å². The smallest absolute Gasteiger partial charge is 0.419 e. The number of rotatable bonds is 4. The van der Waals surface area contributed by atoms with Gasteiger partial charge in [-0.05, 0) is 52.7 Å². The molecule has 206 valence electrons. The number of carbonyl (C=O) groups is 1. The van der Waals surface area contributed by atoms with Crippen molar-refractivity contribution in [3.8, 4) is 22.8 Å². The number of anilines is 1. The summed E-state index contributed by atoms with van der Waals surface area (Å²) < 4.78 is 52.5. The van der Waals surface area contributed by atoms with Crippen LogP contribution < -0.4 is 5.32 Å². The number of amides is 1. The number of ether oxygens (including phenoxy) is 1. The van der Waals surface area contributed by atoms with E-state index in [9.17, 15) is 18.0 Å². The highest BCUT2D eigenvalue weighted by Gasteiger charge is 2.36. The maximum Gasteiger partial charge on any atom is 0.419 e. The van der Waals surface area contributed by atoms with Gasteiger partial charge < -0.3 is 24.5 Å². The van der Waals surface area contributed by atoms with Gasteiger partial charge in [-0.25, -0.2) is 19.7 Å². The molecular formula is C25H27F3N8O3. The number of alkyl halides is 3. The number of halogens is 3. The van der Waals surface area contributed by atoms with Crippen LogP contribution in [0, 0.1) is 6.92 Å². The van der Waals surface area contributed by atoms with E-state index in [4.69, 9.17) is 9.26 Å². The SMILES string of the molecule is Cc1noc(-c2ccc3c(-c4nc(N[C@H]5CCCN(C(=O)OC(C)(C)C)C5)ncc4C(F)(F)F)c[nH]c3n2)n1. The summed E-state index contributed by atoms with van der Waals surface area (Å²) in [4.78, 5) is 33.8. The first-order valence-corrected chi connectivity index (χ1v) is 12.4. The van der Waals surface area contributed by atoms with Gasteiger partial charge in [0.25, 0.3) is 5.89 Å². The molecule has 14 heteroatoms. The Morgan fingerprint density at radius 2 is 2.00 bits per heavy atom. The Balaban J connectivity index is 1.44. The Morgan fingerprint density at radius 1 is 1.21 bits per heavy atom. The van der Waals surface area contributed by atoms with Crippen LogP contribution in [-0.2, 0) is 10.9 Å². The van der Waals surface area contributed by atoms with Gasteiger partial charge in [0, 0.05) is 42.5 Å². The van der Waals surface area contributed by atoms with Crippen LogP contribution in [0.3, 0.4) is 0 Å². The number of nitrogens with one attached hydrogen (secondary N) is 2. The zero-order valence-corrected chi connectivity index (χ0v) is 21.8. The standard InChI is InChI=1S/C25H27F3N8O3/c1-13-31-21(39-35-13)18-8-7-15-16(10-29-20(15)33-18)19-17(25(26,27)28)11-30-22(34-19)32-14-6-5-9-36(12-14)23(37)38-24(2,3)4/h7-8,10-11,14H,5-6,9,12H2,1-4H3,(H,29,33)(H,30,32,34)/t14-/m0/s1. The molecule has 5 heterocycles. The molecule has 0 aliphatic carbocycles. The molecule has 0 unspecified atom stereocenters. The van der Waals surface area contributed by atoms with E-state index in [0.29, 0.717) is 48.5 Å². The lowest BCUT2D eigenvalue weighted by Gasteiger charge is -2.34. The van der Waals surface area contributed by atoms with E-state index in [0.717, 1.165) is 6.20 Å². The Hall–Kier alpha value is -4.23. The fourth-order valence-corrected chi connectivity index (χ4v) is 4.35. The van der Waals surface area contributed by atoms with Crippen LogP contribution in [0.15, 0.2) is 29.0 Å². The lowest BCUT2D eigenvalue weighted by Crippen LogP contribution is -2.47. The maximum atomic E-state index is 14.0. The average molecular weight is 545 g/mol. The van der Waals surface area contributed by atoms with Gasteiger partial charge in [-0.1, -0.05) is 5.16 Å². The number of piperidine rings is 1. The van der Waals surface area contributed by atoms with Crippen molar-refractivity contribution in [3.05, 3.63) is 35.9 Å². The Kier molecular flexibility index (Phi) is 6.64. The quantitative estimate of drug-likeness (QED) is 0.355. The second-order valence-corrected chi connectivity index (χ2v) is 10.3. The number of aryl methyl sites for hydroxylation is 1. The number of pyridine rings is 1. The fourth-order valence-electron chi connectivity index (χ4n) is 4.35. The van der Waals surface area contributed by atoms with Gasteiger partial charge in [-0.15, -0.1) is 0 Å². The summed E-state index contributed by atoms with van der Waals surface area (Å²) in [5, 5.41) is 7.27. The van der Waals surface area contributed by atoms with Crippen LogP contribution in [0.2, 0.25) is 0 Å². The third kappa shape index (κ3) is 5.78. The van der Waals surface area contributed by atoms with Crippen LogP contribution in [0.25, 0.3) is 33.9 Å². The summed E-state index contributed by atoms with van der Waals surface area (Å²) in [5.41, 5.74) is -0.993. The first kappa shape index (κ1) is 26.4. The van der Waals surface area contributed by atoms with Gasteiger partial charge in [0.1, 0.15) is 22.5 Å². The second kappa shape index (κ2) is 9.82. The summed E-state index contributed by atoms with van der Waals surface area (Å²) in [6.45, 7) is 7.86. The van der Waals surface area contributed by atoms with Crippen molar-refractivity contribution in [2.75, 3.05) is 18.4 Å². The molecule has 4 aromatic rings. The molecule has 2 N–H and O–H groups in total. The topological polar surface area (TPSA) is 135 Å². The third-order valence-electron chi connectivity index (χ3n) is 6.04. The first-order chi connectivity index (χ1) is 18.4. The number of H-pyrrole nitrogens is 1. The zero-order chi connectivity index (χ0) is 27.9. The minimum Gasteiger partial charge on any atom is -0.444 e.